The Labute approximate surface area is 218 Å². The largest absolute Gasteiger partial charge is 0.381 e. The van der Waals surface area contributed by atoms with E-state index in [1.165, 1.54) is 72.9 Å². The van der Waals surface area contributed by atoms with E-state index in [1.807, 2.05) is 0 Å². The molecule has 2 heterocycles. The van der Waals surface area contributed by atoms with E-state index in [2.05, 4.69) is 68.9 Å². The topological polar surface area (TPSA) is 43.3 Å². The van der Waals surface area contributed by atoms with Gasteiger partial charge in [-0.05, 0) is 71.6 Å². The summed E-state index contributed by atoms with van der Waals surface area (Å²) >= 11 is 0. The summed E-state index contributed by atoms with van der Waals surface area (Å²) in [4.78, 5) is 13.5. The predicted molar refractivity (Wildman–Crippen MR) is 148 cm³/mol. The zero-order valence-corrected chi connectivity index (χ0v) is 23.2. The number of hydrogen-bond acceptors (Lipinski definition) is 2. The van der Waals surface area contributed by atoms with Crippen LogP contribution in [-0.4, -0.2) is 29.7 Å². The van der Waals surface area contributed by atoms with Gasteiger partial charge in [-0.3, -0.25) is 4.79 Å². The van der Waals surface area contributed by atoms with Gasteiger partial charge in [-0.25, -0.2) is 0 Å². The molecule has 0 atom stereocenters. The molecule has 1 N–H and O–H groups in total. The van der Waals surface area contributed by atoms with Crippen LogP contribution in [0.4, 0.5) is 0 Å². The Kier molecular flexibility index (Phi) is 7.11. The summed E-state index contributed by atoms with van der Waals surface area (Å²) in [5, 5.41) is 3.31. The van der Waals surface area contributed by atoms with Crippen LogP contribution in [0.5, 0.6) is 0 Å². The summed E-state index contributed by atoms with van der Waals surface area (Å²) in [7, 11) is 2.11. The second-order valence-electron chi connectivity index (χ2n) is 13.1. The van der Waals surface area contributed by atoms with Crippen LogP contribution in [0.15, 0.2) is 24.3 Å². The molecule has 3 fully saturated rings. The highest BCUT2D eigenvalue weighted by atomic mass is 16.5. The zero-order chi connectivity index (χ0) is 25.5. The van der Waals surface area contributed by atoms with Crippen molar-refractivity contribution in [3.8, 4) is 11.1 Å². The lowest BCUT2D eigenvalue weighted by molar-refractivity contribution is 0.0692. The molecule has 1 aromatic heterocycles. The van der Waals surface area contributed by atoms with E-state index in [0.29, 0.717) is 11.3 Å². The number of ether oxygens (including phenoxy) is 1. The van der Waals surface area contributed by atoms with E-state index in [0.717, 1.165) is 38.2 Å². The summed E-state index contributed by atoms with van der Waals surface area (Å²) in [6, 6.07) is 9.67. The monoisotopic (exact) mass is 490 g/mol. The maximum absolute atomic E-state index is 13.5. The molecule has 36 heavy (non-hydrogen) atoms. The van der Waals surface area contributed by atoms with E-state index in [4.69, 9.17) is 4.74 Å². The molecular weight excluding hydrogens is 444 g/mol. The van der Waals surface area contributed by atoms with Gasteiger partial charge in [0.05, 0.1) is 0 Å². The SMILES string of the molecule is Cn1c(C(=O)NC2CCOCC2)cc(-c2cc(C(C)(C)C)cc(C3(C)CC3)c2)c1CC1CCCCC1. The molecule has 1 aromatic carbocycles. The number of carbonyl (C=O) groups excluding carboxylic acids is 1. The minimum absolute atomic E-state index is 0.0573. The normalized spacial score (nSPS) is 20.9. The number of carbonyl (C=O) groups is 1. The molecule has 0 spiro atoms. The Bertz CT molecular complexity index is 1070. The van der Waals surface area contributed by atoms with Gasteiger partial charge in [0.15, 0.2) is 0 Å². The fourth-order valence-electron chi connectivity index (χ4n) is 6.16. The third-order valence-electron chi connectivity index (χ3n) is 9.16. The third kappa shape index (κ3) is 5.44. The van der Waals surface area contributed by atoms with Crippen LogP contribution < -0.4 is 5.32 Å². The molecule has 2 aliphatic carbocycles. The number of nitrogens with one attached hydrogen (secondary N) is 1. The van der Waals surface area contributed by atoms with E-state index >= 15 is 0 Å². The van der Waals surface area contributed by atoms with Gasteiger partial charge in [-0.1, -0.05) is 78.0 Å². The molecule has 2 saturated carbocycles. The average Bonchev–Trinajstić information content (AvgIpc) is 3.54. The Morgan fingerprint density at radius 1 is 1.03 bits per heavy atom. The van der Waals surface area contributed by atoms with Crippen LogP contribution in [0.25, 0.3) is 11.1 Å². The van der Waals surface area contributed by atoms with Gasteiger partial charge in [-0.2, -0.15) is 0 Å². The molecule has 2 aromatic rings. The summed E-state index contributed by atoms with van der Waals surface area (Å²) in [5.74, 6) is 0.769. The molecular formula is C32H46N2O2. The van der Waals surface area contributed by atoms with E-state index in [1.54, 1.807) is 0 Å². The van der Waals surface area contributed by atoms with Gasteiger partial charge in [0, 0.05) is 37.6 Å². The molecule has 1 saturated heterocycles. The standard InChI is InChI=1S/C32H46N2O2/c1-31(2,3)24-18-23(19-25(20-24)32(4)13-14-32)27-21-29(30(35)33-26-11-15-36-16-12-26)34(5)28(27)17-22-9-7-6-8-10-22/h18-22,26H,6-17H2,1-5H3,(H,33,35). The van der Waals surface area contributed by atoms with Crippen molar-refractivity contribution in [3.63, 3.8) is 0 Å². The lowest BCUT2D eigenvalue weighted by atomic mass is 9.81. The highest BCUT2D eigenvalue weighted by Crippen LogP contribution is 2.49. The van der Waals surface area contributed by atoms with E-state index in [9.17, 15) is 4.79 Å². The van der Waals surface area contributed by atoms with Crippen LogP contribution in [0.3, 0.4) is 0 Å². The number of rotatable bonds is 6. The van der Waals surface area contributed by atoms with Crippen molar-refractivity contribution in [1.82, 2.24) is 9.88 Å². The second kappa shape index (κ2) is 10.0. The highest BCUT2D eigenvalue weighted by molar-refractivity contribution is 5.95. The van der Waals surface area contributed by atoms with Crippen molar-refractivity contribution in [3.05, 3.63) is 46.8 Å². The Morgan fingerprint density at radius 2 is 1.72 bits per heavy atom. The van der Waals surface area contributed by atoms with Crippen molar-refractivity contribution in [2.75, 3.05) is 13.2 Å². The third-order valence-corrected chi connectivity index (χ3v) is 9.16. The second-order valence-corrected chi connectivity index (χ2v) is 13.1. The average molecular weight is 491 g/mol. The first-order valence-corrected chi connectivity index (χ1v) is 14.4. The van der Waals surface area contributed by atoms with Crippen molar-refractivity contribution >= 4 is 5.91 Å². The van der Waals surface area contributed by atoms with Crippen LogP contribution in [-0.2, 0) is 29.0 Å². The Morgan fingerprint density at radius 3 is 2.36 bits per heavy atom. The molecule has 5 rings (SSSR count). The first kappa shape index (κ1) is 25.6. The molecule has 196 valence electrons. The fraction of sp³-hybridized carbons (Fsp3) is 0.656. The van der Waals surface area contributed by atoms with Gasteiger partial charge in [0.1, 0.15) is 5.69 Å². The zero-order valence-electron chi connectivity index (χ0n) is 23.2. The predicted octanol–water partition coefficient (Wildman–Crippen LogP) is 7.07. The summed E-state index contributed by atoms with van der Waals surface area (Å²) in [5.41, 5.74) is 7.91. The van der Waals surface area contributed by atoms with Gasteiger partial charge < -0.3 is 14.6 Å². The molecule has 4 heteroatoms. The quantitative estimate of drug-likeness (QED) is 0.470. The molecule has 0 bridgehead atoms. The Balaban J connectivity index is 1.56. The maximum Gasteiger partial charge on any atom is 0.268 e. The lowest BCUT2D eigenvalue weighted by Gasteiger charge is -2.25. The van der Waals surface area contributed by atoms with Crippen LogP contribution in [0.2, 0.25) is 0 Å². The van der Waals surface area contributed by atoms with E-state index < -0.39 is 0 Å². The summed E-state index contributed by atoms with van der Waals surface area (Å²) < 4.78 is 7.71. The van der Waals surface area contributed by atoms with Gasteiger partial charge in [0.25, 0.3) is 5.91 Å². The molecule has 1 aliphatic heterocycles. The Hall–Kier alpha value is -2.07. The van der Waals surface area contributed by atoms with Crippen LogP contribution >= 0.6 is 0 Å². The minimum atomic E-state index is 0.0573. The smallest absolute Gasteiger partial charge is 0.268 e. The van der Waals surface area contributed by atoms with Crippen LogP contribution in [0.1, 0.15) is 113 Å². The van der Waals surface area contributed by atoms with Gasteiger partial charge >= 0.3 is 0 Å². The first-order chi connectivity index (χ1) is 17.1. The molecule has 0 radical (unpaired) electrons. The number of nitrogens with zero attached hydrogens (tertiary/aromatic N) is 1. The van der Waals surface area contributed by atoms with Crippen molar-refractivity contribution in [1.29, 1.82) is 0 Å². The van der Waals surface area contributed by atoms with Gasteiger partial charge in [0.2, 0.25) is 0 Å². The first-order valence-electron chi connectivity index (χ1n) is 14.4. The number of amides is 1. The van der Waals surface area contributed by atoms with Crippen LogP contribution in [0, 0.1) is 5.92 Å². The molecule has 4 nitrogen and oxygen atoms in total. The minimum Gasteiger partial charge on any atom is -0.381 e. The molecule has 0 unspecified atom stereocenters. The van der Waals surface area contributed by atoms with Crippen molar-refractivity contribution in [2.45, 2.75) is 109 Å². The highest BCUT2D eigenvalue weighted by Gasteiger charge is 2.40. The number of hydrogen-bond donors (Lipinski definition) is 1. The molecule has 3 aliphatic rings. The number of aromatic nitrogens is 1. The van der Waals surface area contributed by atoms with Gasteiger partial charge in [-0.15, -0.1) is 0 Å². The molecule has 1 amide bonds. The summed E-state index contributed by atoms with van der Waals surface area (Å²) in [6.07, 6.45) is 12.0. The summed E-state index contributed by atoms with van der Waals surface area (Å²) in [6.45, 7) is 10.8. The lowest BCUT2D eigenvalue weighted by Crippen LogP contribution is -2.39. The van der Waals surface area contributed by atoms with E-state index in [-0.39, 0.29) is 17.4 Å². The maximum atomic E-state index is 13.5. The van der Waals surface area contributed by atoms with Crippen molar-refractivity contribution in [2.24, 2.45) is 13.0 Å². The fourth-order valence-corrected chi connectivity index (χ4v) is 6.16. The number of benzene rings is 1. The van der Waals surface area contributed by atoms with Crippen molar-refractivity contribution < 1.29 is 9.53 Å².